The highest BCUT2D eigenvalue weighted by atomic mass is 15.3. The van der Waals surface area contributed by atoms with E-state index in [0.717, 1.165) is 11.8 Å². The number of nitrogens with zero attached hydrogens (tertiary/aromatic N) is 2. The van der Waals surface area contributed by atoms with E-state index in [1.165, 1.54) is 25.7 Å². The molecule has 14 heavy (non-hydrogen) atoms. The van der Waals surface area contributed by atoms with Gasteiger partial charge in [0.25, 0.3) is 0 Å². The van der Waals surface area contributed by atoms with Crippen LogP contribution in [0, 0.1) is 11.8 Å². The van der Waals surface area contributed by atoms with Crippen molar-refractivity contribution < 1.29 is 0 Å². The Kier molecular flexibility index (Phi) is 1.65. The van der Waals surface area contributed by atoms with E-state index >= 15 is 0 Å². The molecule has 2 aliphatic carbocycles. The van der Waals surface area contributed by atoms with Gasteiger partial charge in [0.05, 0.1) is 0 Å². The monoisotopic (exact) mass is 193 g/mol. The van der Waals surface area contributed by atoms with Crippen LogP contribution in [0.4, 0.5) is 11.9 Å². The van der Waals surface area contributed by atoms with Gasteiger partial charge >= 0.3 is 0 Å². The molecule has 0 amide bonds. The number of nitrogens with one attached hydrogen (secondary N) is 2. The van der Waals surface area contributed by atoms with E-state index in [1.807, 2.05) is 0 Å². The molecule has 2 aliphatic rings. The van der Waals surface area contributed by atoms with Gasteiger partial charge in [-0.1, -0.05) is 6.42 Å². The summed E-state index contributed by atoms with van der Waals surface area (Å²) in [6.07, 6.45) is 5.44. The van der Waals surface area contributed by atoms with Crippen LogP contribution in [-0.2, 0) is 0 Å². The Balaban J connectivity index is 1.68. The van der Waals surface area contributed by atoms with Crippen LogP contribution < -0.4 is 11.1 Å². The van der Waals surface area contributed by atoms with E-state index in [2.05, 4.69) is 20.5 Å². The molecular formula is C9H15N5. The van der Waals surface area contributed by atoms with Gasteiger partial charge in [-0.2, -0.15) is 4.98 Å². The van der Waals surface area contributed by atoms with Crippen LogP contribution in [0.2, 0.25) is 0 Å². The molecule has 1 aromatic rings. The molecule has 3 unspecified atom stereocenters. The predicted molar refractivity (Wildman–Crippen MR) is 53.7 cm³/mol. The minimum absolute atomic E-state index is 0.385. The molecule has 0 aliphatic heterocycles. The lowest BCUT2D eigenvalue weighted by Crippen LogP contribution is -2.26. The normalized spacial score (nSPS) is 35.0. The minimum atomic E-state index is 0.385. The second kappa shape index (κ2) is 2.87. The SMILES string of the molecule is Nc1nc(NC2CC3CCC2C3)n[nH]1. The highest BCUT2D eigenvalue weighted by Gasteiger charge is 2.39. The number of anilines is 2. The van der Waals surface area contributed by atoms with Gasteiger partial charge in [0.15, 0.2) is 0 Å². The van der Waals surface area contributed by atoms with Crippen molar-refractivity contribution in [3.63, 3.8) is 0 Å². The fourth-order valence-electron chi connectivity index (χ4n) is 2.93. The highest BCUT2D eigenvalue weighted by Crippen LogP contribution is 2.45. The fraction of sp³-hybridized carbons (Fsp3) is 0.778. The van der Waals surface area contributed by atoms with Gasteiger partial charge in [-0.25, -0.2) is 5.10 Å². The Morgan fingerprint density at radius 3 is 2.86 bits per heavy atom. The largest absolute Gasteiger partial charge is 0.368 e. The van der Waals surface area contributed by atoms with Crippen molar-refractivity contribution in [3.8, 4) is 0 Å². The molecule has 0 saturated heterocycles. The number of hydrogen-bond donors (Lipinski definition) is 3. The first-order chi connectivity index (χ1) is 6.81. The number of nitrogen functional groups attached to an aromatic ring is 1. The number of fused-ring (bicyclic) bond motifs is 2. The molecule has 0 radical (unpaired) electrons. The van der Waals surface area contributed by atoms with E-state index in [1.54, 1.807) is 0 Å². The van der Waals surface area contributed by atoms with E-state index in [0.29, 0.717) is 17.9 Å². The summed E-state index contributed by atoms with van der Waals surface area (Å²) in [5, 5.41) is 9.99. The van der Waals surface area contributed by atoms with Gasteiger partial charge in [-0.15, -0.1) is 5.10 Å². The first-order valence-electron chi connectivity index (χ1n) is 5.25. The summed E-state index contributed by atoms with van der Waals surface area (Å²) in [6, 6.07) is 0.573. The molecule has 2 bridgehead atoms. The van der Waals surface area contributed by atoms with Crippen molar-refractivity contribution in [3.05, 3.63) is 0 Å². The number of aromatic nitrogens is 3. The van der Waals surface area contributed by atoms with Crippen LogP contribution in [0.1, 0.15) is 25.7 Å². The number of nitrogens with two attached hydrogens (primary N) is 1. The van der Waals surface area contributed by atoms with Crippen molar-refractivity contribution >= 4 is 11.9 Å². The van der Waals surface area contributed by atoms with Gasteiger partial charge in [0.1, 0.15) is 0 Å². The lowest BCUT2D eigenvalue weighted by molar-refractivity contribution is 0.438. The zero-order valence-corrected chi connectivity index (χ0v) is 8.03. The summed E-state index contributed by atoms with van der Waals surface area (Å²) in [5.41, 5.74) is 5.46. The van der Waals surface area contributed by atoms with Gasteiger partial charge in [-0.3, -0.25) is 0 Å². The van der Waals surface area contributed by atoms with Crippen molar-refractivity contribution in [2.45, 2.75) is 31.7 Å². The van der Waals surface area contributed by atoms with Gasteiger partial charge in [0.2, 0.25) is 11.9 Å². The quantitative estimate of drug-likeness (QED) is 0.654. The molecule has 3 atom stereocenters. The second-order valence-corrected chi connectivity index (χ2v) is 4.47. The molecule has 76 valence electrons. The lowest BCUT2D eigenvalue weighted by atomic mass is 9.95. The van der Waals surface area contributed by atoms with Crippen molar-refractivity contribution in [2.24, 2.45) is 11.8 Å². The van der Waals surface area contributed by atoms with Crippen LogP contribution >= 0.6 is 0 Å². The number of rotatable bonds is 2. The third-order valence-electron chi connectivity index (χ3n) is 3.56. The summed E-state index contributed by atoms with van der Waals surface area (Å²) in [6.45, 7) is 0. The molecule has 5 nitrogen and oxygen atoms in total. The van der Waals surface area contributed by atoms with Gasteiger partial charge in [0, 0.05) is 6.04 Å². The minimum Gasteiger partial charge on any atom is -0.368 e. The van der Waals surface area contributed by atoms with Crippen molar-refractivity contribution in [1.82, 2.24) is 15.2 Å². The Hall–Kier alpha value is -1.26. The molecule has 1 aromatic heterocycles. The summed E-state index contributed by atoms with van der Waals surface area (Å²) >= 11 is 0. The van der Waals surface area contributed by atoms with E-state index in [4.69, 9.17) is 5.73 Å². The topological polar surface area (TPSA) is 79.6 Å². The number of aromatic amines is 1. The van der Waals surface area contributed by atoms with Crippen molar-refractivity contribution in [2.75, 3.05) is 11.1 Å². The summed E-state index contributed by atoms with van der Waals surface area (Å²) in [4.78, 5) is 4.06. The Labute approximate surface area is 82.5 Å². The molecule has 2 saturated carbocycles. The van der Waals surface area contributed by atoms with E-state index < -0.39 is 0 Å². The van der Waals surface area contributed by atoms with E-state index in [9.17, 15) is 0 Å². The molecule has 3 rings (SSSR count). The summed E-state index contributed by atoms with van der Waals surface area (Å²) in [5.74, 6) is 2.81. The van der Waals surface area contributed by atoms with Crippen LogP contribution in [0.3, 0.4) is 0 Å². The predicted octanol–water partition coefficient (Wildman–Crippen LogP) is 0.987. The average Bonchev–Trinajstić information content (AvgIpc) is 2.82. The van der Waals surface area contributed by atoms with Crippen LogP contribution in [0.15, 0.2) is 0 Å². The van der Waals surface area contributed by atoms with Crippen LogP contribution in [0.25, 0.3) is 0 Å². The van der Waals surface area contributed by atoms with Crippen molar-refractivity contribution in [1.29, 1.82) is 0 Å². The molecule has 5 heteroatoms. The Morgan fingerprint density at radius 2 is 2.29 bits per heavy atom. The Bertz CT molecular complexity index is 334. The first kappa shape index (κ1) is 8.08. The van der Waals surface area contributed by atoms with E-state index in [-0.39, 0.29) is 0 Å². The summed E-state index contributed by atoms with van der Waals surface area (Å²) < 4.78 is 0. The Morgan fingerprint density at radius 1 is 1.36 bits per heavy atom. The maximum atomic E-state index is 5.46. The second-order valence-electron chi connectivity index (χ2n) is 4.47. The molecular weight excluding hydrogens is 178 g/mol. The summed E-state index contributed by atoms with van der Waals surface area (Å²) in [7, 11) is 0. The zero-order chi connectivity index (χ0) is 9.54. The molecule has 0 aromatic carbocycles. The van der Waals surface area contributed by atoms with Gasteiger partial charge in [-0.05, 0) is 31.1 Å². The molecule has 0 spiro atoms. The maximum Gasteiger partial charge on any atom is 0.243 e. The third kappa shape index (κ3) is 1.23. The fourth-order valence-corrected chi connectivity index (χ4v) is 2.93. The average molecular weight is 193 g/mol. The molecule has 2 fully saturated rings. The standard InChI is InChI=1S/C9H15N5/c10-8-12-9(14-13-8)11-7-4-5-1-2-6(7)3-5/h5-7H,1-4H2,(H4,10,11,12,13,14). The molecule has 4 N–H and O–H groups in total. The number of hydrogen-bond acceptors (Lipinski definition) is 4. The van der Waals surface area contributed by atoms with Crippen LogP contribution in [-0.4, -0.2) is 21.2 Å². The molecule has 1 heterocycles. The smallest absolute Gasteiger partial charge is 0.243 e. The maximum absolute atomic E-state index is 5.46. The van der Waals surface area contributed by atoms with Crippen LogP contribution in [0.5, 0.6) is 0 Å². The first-order valence-corrected chi connectivity index (χ1v) is 5.25. The lowest BCUT2D eigenvalue weighted by Gasteiger charge is -2.21. The van der Waals surface area contributed by atoms with Gasteiger partial charge < -0.3 is 11.1 Å². The highest BCUT2D eigenvalue weighted by molar-refractivity contribution is 5.31. The number of H-pyrrole nitrogens is 1. The third-order valence-corrected chi connectivity index (χ3v) is 3.56. The zero-order valence-electron chi connectivity index (χ0n) is 8.03.